The van der Waals surface area contributed by atoms with Gasteiger partial charge in [0.05, 0.1) is 10.9 Å². The molecule has 2 aliphatic rings. The van der Waals surface area contributed by atoms with Gasteiger partial charge in [-0.25, -0.2) is 4.39 Å². The lowest BCUT2D eigenvalue weighted by atomic mass is 9.71. The van der Waals surface area contributed by atoms with Crippen LogP contribution in [0.25, 0.3) is 0 Å². The van der Waals surface area contributed by atoms with E-state index >= 15 is 0 Å². The smallest absolute Gasteiger partial charge is 0.228 e. The average molecular weight is 469 g/mol. The van der Waals surface area contributed by atoms with E-state index in [1.165, 1.54) is 41.4 Å². The summed E-state index contributed by atoms with van der Waals surface area (Å²) in [4.78, 5) is 19.1. The molecule has 8 heteroatoms. The second kappa shape index (κ2) is 7.52. The second-order valence-electron chi connectivity index (χ2n) is 8.70. The summed E-state index contributed by atoms with van der Waals surface area (Å²) in [5, 5.41) is 24.2. The summed E-state index contributed by atoms with van der Waals surface area (Å²) in [6.07, 6.45) is -0.217. The monoisotopic (exact) mass is 468 g/mol. The molecule has 1 unspecified atom stereocenters. The molecule has 1 aromatic heterocycles. The molecule has 0 spiro atoms. The highest BCUT2D eigenvalue weighted by molar-refractivity contribution is 6.30. The van der Waals surface area contributed by atoms with Crippen molar-refractivity contribution >= 4 is 17.5 Å². The molecule has 2 heterocycles. The Balaban J connectivity index is 1.87. The number of aliphatic hydroxyl groups excluding tert-OH is 1. The number of amides is 1. The van der Waals surface area contributed by atoms with Crippen LogP contribution in [-0.2, 0) is 16.0 Å². The highest BCUT2D eigenvalue weighted by Gasteiger charge is 2.78. The number of ether oxygens (including phenoxy) is 1. The van der Waals surface area contributed by atoms with Crippen LogP contribution >= 0.6 is 11.6 Å². The van der Waals surface area contributed by atoms with Gasteiger partial charge in [0.1, 0.15) is 23.4 Å². The van der Waals surface area contributed by atoms with Gasteiger partial charge in [0.2, 0.25) is 5.91 Å². The lowest BCUT2D eigenvalue weighted by molar-refractivity contribution is -0.157. The summed E-state index contributed by atoms with van der Waals surface area (Å²) < 4.78 is 20.4. The molecule has 0 saturated heterocycles. The zero-order chi connectivity index (χ0) is 23.5. The molecule has 1 aliphatic heterocycles. The summed E-state index contributed by atoms with van der Waals surface area (Å²) in [5.41, 5.74) is -2.61. The molecule has 0 radical (unpaired) electrons. The number of hydrogen-bond donors (Lipinski definition) is 2. The van der Waals surface area contributed by atoms with Crippen LogP contribution in [0.2, 0.25) is 5.02 Å². The Morgan fingerprint density at radius 2 is 1.82 bits per heavy atom. The largest absolute Gasteiger partial charge is 0.476 e. The quantitative estimate of drug-likeness (QED) is 0.616. The summed E-state index contributed by atoms with van der Waals surface area (Å²) >= 11 is 6.15. The van der Waals surface area contributed by atoms with Crippen LogP contribution in [0.5, 0.6) is 5.75 Å². The number of aliphatic hydroxyl groups is 2. The van der Waals surface area contributed by atoms with Gasteiger partial charge < -0.3 is 19.8 Å². The molecule has 33 heavy (non-hydrogen) atoms. The minimum atomic E-state index is -2.11. The Bertz CT molecular complexity index is 1220. The number of pyridine rings is 1. The normalized spacial score (nSPS) is 29.8. The third-order valence-electron chi connectivity index (χ3n) is 6.74. The first-order valence-corrected chi connectivity index (χ1v) is 10.9. The third kappa shape index (κ3) is 2.86. The van der Waals surface area contributed by atoms with Crippen molar-refractivity contribution < 1.29 is 24.1 Å². The fourth-order valence-corrected chi connectivity index (χ4v) is 5.55. The fourth-order valence-electron chi connectivity index (χ4n) is 5.40. The van der Waals surface area contributed by atoms with E-state index in [1.54, 1.807) is 14.1 Å². The van der Waals surface area contributed by atoms with Gasteiger partial charge in [-0.2, -0.15) is 0 Å². The van der Waals surface area contributed by atoms with Gasteiger partial charge in [0.25, 0.3) is 0 Å². The van der Waals surface area contributed by atoms with Crippen LogP contribution < -0.4 is 4.74 Å². The molecule has 2 aromatic carbocycles. The number of carbonyl (C=O) groups is 1. The first kappa shape index (κ1) is 21.8. The van der Waals surface area contributed by atoms with E-state index in [0.29, 0.717) is 16.1 Å². The predicted molar refractivity (Wildman–Crippen MR) is 119 cm³/mol. The van der Waals surface area contributed by atoms with E-state index in [-0.39, 0.29) is 17.4 Å². The Labute approximate surface area is 195 Å². The SMILES string of the molecule is CN(C)C(=O)[C@H]1[C@@H](O)C2(O)c3ncc(Cl)cc3O[C@@]2(c2ccc(F)cc2)[C@@H]1c1ccccc1. The maximum absolute atomic E-state index is 13.9. The maximum atomic E-state index is 13.9. The first-order valence-electron chi connectivity index (χ1n) is 10.5. The predicted octanol–water partition coefficient (Wildman–Crippen LogP) is 3.21. The minimum Gasteiger partial charge on any atom is -0.476 e. The van der Waals surface area contributed by atoms with Crippen molar-refractivity contribution in [3.63, 3.8) is 0 Å². The molecular formula is C25H22ClFN2O4. The molecule has 1 fully saturated rings. The average Bonchev–Trinajstić information content (AvgIpc) is 3.17. The van der Waals surface area contributed by atoms with Crippen molar-refractivity contribution in [3.8, 4) is 5.75 Å². The van der Waals surface area contributed by atoms with Gasteiger partial charge in [-0.15, -0.1) is 0 Å². The van der Waals surface area contributed by atoms with Crippen molar-refractivity contribution in [3.05, 3.63) is 94.5 Å². The van der Waals surface area contributed by atoms with E-state index < -0.39 is 35.0 Å². The van der Waals surface area contributed by atoms with E-state index in [4.69, 9.17) is 16.3 Å². The second-order valence-corrected chi connectivity index (χ2v) is 9.14. The molecule has 170 valence electrons. The fraction of sp³-hybridized carbons (Fsp3) is 0.280. The molecule has 2 N–H and O–H groups in total. The van der Waals surface area contributed by atoms with Crippen molar-refractivity contribution in [2.75, 3.05) is 14.1 Å². The van der Waals surface area contributed by atoms with E-state index in [9.17, 15) is 19.4 Å². The van der Waals surface area contributed by atoms with Crippen molar-refractivity contribution in [2.24, 2.45) is 5.92 Å². The van der Waals surface area contributed by atoms with Crippen molar-refractivity contribution in [1.29, 1.82) is 0 Å². The molecule has 5 rings (SSSR count). The number of aromatic nitrogens is 1. The lowest BCUT2D eigenvalue weighted by Gasteiger charge is -2.40. The molecule has 6 nitrogen and oxygen atoms in total. The molecule has 5 atom stereocenters. The van der Waals surface area contributed by atoms with E-state index in [0.717, 1.165) is 0 Å². The van der Waals surface area contributed by atoms with Gasteiger partial charge in [0, 0.05) is 32.3 Å². The molecule has 3 aromatic rings. The van der Waals surface area contributed by atoms with Gasteiger partial charge >= 0.3 is 0 Å². The van der Waals surface area contributed by atoms with Crippen LogP contribution in [0, 0.1) is 11.7 Å². The molecule has 1 aliphatic carbocycles. The van der Waals surface area contributed by atoms with Crippen LogP contribution in [0.3, 0.4) is 0 Å². The Morgan fingerprint density at radius 3 is 2.45 bits per heavy atom. The summed E-state index contributed by atoms with van der Waals surface area (Å²) in [6.45, 7) is 0. The van der Waals surface area contributed by atoms with Crippen LogP contribution in [0.4, 0.5) is 4.39 Å². The number of benzene rings is 2. The number of rotatable bonds is 3. The lowest BCUT2D eigenvalue weighted by Crippen LogP contribution is -2.52. The summed E-state index contributed by atoms with van der Waals surface area (Å²) in [6, 6.07) is 16.1. The van der Waals surface area contributed by atoms with E-state index in [1.807, 2.05) is 30.3 Å². The van der Waals surface area contributed by atoms with Crippen LogP contribution in [0.15, 0.2) is 66.9 Å². The van der Waals surface area contributed by atoms with Crippen molar-refractivity contribution in [1.82, 2.24) is 9.88 Å². The summed E-state index contributed by atoms with van der Waals surface area (Å²) in [5.74, 6) is -2.54. The third-order valence-corrected chi connectivity index (χ3v) is 6.95. The van der Waals surface area contributed by atoms with Gasteiger partial charge in [-0.3, -0.25) is 9.78 Å². The van der Waals surface area contributed by atoms with Gasteiger partial charge in [-0.05, 0) is 23.3 Å². The van der Waals surface area contributed by atoms with Gasteiger partial charge in [0.15, 0.2) is 11.2 Å². The highest BCUT2D eigenvalue weighted by atomic mass is 35.5. The zero-order valence-corrected chi connectivity index (χ0v) is 18.7. The van der Waals surface area contributed by atoms with Crippen LogP contribution in [-0.4, -0.2) is 46.2 Å². The Hall–Kier alpha value is -3.00. The van der Waals surface area contributed by atoms with Gasteiger partial charge in [-0.1, -0.05) is 54.1 Å². The first-order chi connectivity index (χ1) is 15.7. The maximum Gasteiger partial charge on any atom is 0.228 e. The number of nitrogens with zero attached hydrogens (tertiary/aromatic N) is 2. The number of halogens is 2. The standard InChI is InChI=1S/C25H22ClFN2O4/c1-29(2)23(31)19-20(14-6-4-3-5-7-14)25(15-8-10-17(27)11-9-15)24(32,22(19)30)21-18(33-25)12-16(26)13-28-21/h3-13,19-20,22,30,32H,1-2H3/t19-,20-,22-,24?,25+/m1/s1. The Kier molecular flexibility index (Phi) is 4.97. The minimum absolute atomic E-state index is 0.0821. The number of hydrogen-bond acceptors (Lipinski definition) is 5. The summed E-state index contributed by atoms with van der Waals surface area (Å²) in [7, 11) is 3.18. The van der Waals surface area contributed by atoms with Crippen LogP contribution in [0.1, 0.15) is 22.7 Å². The topological polar surface area (TPSA) is 82.9 Å². The molecular weight excluding hydrogens is 447 g/mol. The number of carbonyl (C=O) groups excluding carboxylic acids is 1. The number of fused-ring (bicyclic) bond motifs is 3. The van der Waals surface area contributed by atoms with E-state index in [2.05, 4.69) is 4.98 Å². The zero-order valence-electron chi connectivity index (χ0n) is 17.9. The molecule has 1 saturated carbocycles. The highest BCUT2D eigenvalue weighted by Crippen LogP contribution is 2.68. The molecule has 0 bridgehead atoms. The van der Waals surface area contributed by atoms with Crippen molar-refractivity contribution in [2.45, 2.75) is 23.2 Å². The Morgan fingerprint density at radius 1 is 1.15 bits per heavy atom. The molecule has 1 amide bonds.